The Morgan fingerprint density at radius 2 is 1.65 bits per heavy atom. The fourth-order valence-corrected chi connectivity index (χ4v) is 3.33. The number of aromatic nitrogens is 2. The zero-order valence-corrected chi connectivity index (χ0v) is 13.4. The molecular weight excluding hydrogens is 304 g/mol. The quantitative estimate of drug-likeness (QED) is 0.501. The number of ether oxygens (including phenoxy) is 1. The van der Waals surface area contributed by atoms with E-state index in [0.29, 0.717) is 0 Å². The van der Waals surface area contributed by atoms with E-state index >= 15 is 0 Å². The number of nitrogens with zero attached hydrogens (tertiary/aromatic N) is 2. The lowest BCUT2D eigenvalue weighted by Crippen LogP contribution is -1.88. The summed E-state index contributed by atoms with van der Waals surface area (Å²) in [6.07, 6.45) is 1.82. The summed E-state index contributed by atoms with van der Waals surface area (Å²) in [6, 6.07) is 20.4. The van der Waals surface area contributed by atoms with Gasteiger partial charge in [-0.05, 0) is 41.1 Å². The Labute approximate surface area is 138 Å². The van der Waals surface area contributed by atoms with Gasteiger partial charge in [0.2, 0.25) is 0 Å². The van der Waals surface area contributed by atoms with E-state index in [2.05, 4.69) is 29.2 Å². The lowest BCUT2D eigenvalue weighted by atomic mass is 10.1. The summed E-state index contributed by atoms with van der Waals surface area (Å²) in [5.41, 5.74) is 1.83. The molecule has 112 valence electrons. The summed E-state index contributed by atoms with van der Waals surface area (Å²) in [4.78, 5) is 10.4. The molecule has 3 nitrogen and oxygen atoms in total. The first kappa shape index (κ1) is 14.0. The average Bonchev–Trinajstić information content (AvgIpc) is 2.60. The normalized spacial score (nSPS) is 11.0. The van der Waals surface area contributed by atoms with Crippen LogP contribution in [0.3, 0.4) is 0 Å². The average molecular weight is 318 g/mol. The van der Waals surface area contributed by atoms with Crippen LogP contribution in [0.5, 0.6) is 5.75 Å². The van der Waals surface area contributed by atoms with Crippen LogP contribution in [-0.2, 0) is 0 Å². The van der Waals surface area contributed by atoms with Crippen molar-refractivity contribution in [3.8, 4) is 5.75 Å². The summed E-state index contributed by atoms with van der Waals surface area (Å²) in [5, 5.41) is 3.24. The topological polar surface area (TPSA) is 35.0 Å². The molecule has 1 heterocycles. The zero-order valence-electron chi connectivity index (χ0n) is 12.6. The molecule has 4 aromatic rings. The van der Waals surface area contributed by atoms with Crippen molar-refractivity contribution in [2.45, 2.75) is 9.92 Å². The zero-order chi connectivity index (χ0) is 15.6. The lowest BCUT2D eigenvalue weighted by molar-refractivity contribution is 0.413. The molecule has 23 heavy (non-hydrogen) atoms. The Morgan fingerprint density at radius 3 is 2.43 bits per heavy atom. The monoisotopic (exact) mass is 318 g/mol. The van der Waals surface area contributed by atoms with E-state index in [0.717, 1.165) is 26.7 Å². The highest BCUT2D eigenvalue weighted by Gasteiger charge is 2.05. The third-order valence-corrected chi connectivity index (χ3v) is 4.55. The second-order valence-corrected chi connectivity index (χ2v) is 6.27. The number of rotatable bonds is 3. The third kappa shape index (κ3) is 2.85. The number of benzene rings is 3. The standard InChI is InChI=1S/C19H14N2OS/c1-22-15-7-4-8-16(11-15)23-19-12-20-17-9-13-5-2-3-6-14(13)10-18(17)21-19/h2-12H,1H3. The SMILES string of the molecule is COc1cccc(Sc2cnc3cc4ccccc4cc3n2)c1. The van der Waals surface area contributed by atoms with Gasteiger partial charge in [0, 0.05) is 4.90 Å². The van der Waals surface area contributed by atoms with Gasteiger partial charge < -0.3 is 4.74 Å². The van der Waals surface area contributed by atoms with Crippen molar-refractivity contribution >= 4 is 33.6 Å². The maximum atomic E-state index is 5.26. The molecule has 0 unspecified atom stereocenters. The van der Waals surface area contributed by atoms with Gasteiger partial charge in [-0.25, -0.2) is 4.98 Å². The predicted molar refractivity (Wildman–Crippen MR) is 94.2 cm³/mol. The molecule has 4 rings (SSSR count). The number of hydrogen-bond acceptors (Lipinski definition) is 4. The molecule has 0 atom stereocenters. The van der Waals surface area contributed by atoms with Crippen molar-refractivity contribution in [3.63, 3.8) is 0 Å². The lowest BCUT2D eigenvalue weighted by Gasteiger charge is -2.05. The van der Waals surface area contributed by atoms with Gasteiger partial charge >= 0.3 is 0 Å². The van der Waals surface area contributed by atoms with Crippen LogP contribution in [0.25, 0.3) is 21.8 Å². The summed E-state index contributed by atoms with van der Waals surface area (Å²) < 4.78 is 5.26. The molecule has 0 N–H and O–H groups in total. The van der Waals surface area contributed by atoms with Crippen molar-refractivity contribution in [1.82, 2.24) is 9.97 Å². The van der Waals surface area contributed by atoms with Crippen LogP contribution in [0.2, 0.25) is 0 Å². The van der Waals surface area contributed by atoms with Gasteiger partial charge in [0.15, 0.2) is 0 Å². The Kier molecular flexibility index (Phi) is 3.60. The number of hydrogen-bond donors (Lipinski definition) is 0. The van der Waals surface area contributed by atoms with E-state index in [1.54, 1.807) is 18.9 Å². The molecule has 0 aliphatic heterocycles. The van der Waals surface area contributed by atoms with E-state index in [4.69, 9.17) is 9.72 Å². The highest BCUT2D eigenvalue weighted by atomic mass is 32.2. The van der Waals surface area contributed by atoms with E-state index < -0.39 is 0 Å². The molecule has 1 aromatic heterocycles. The third-order valence-electron chi connectivity index (χ3n) is 3.65. The molecule has 3 aromatic carbocycles. The Morgan fingerprint density at radius 1 is 0.870 bits per heavy atom. The van der Waals surface area contributed by atoms with Gasteiger partial charge in [0.05, 0.1) is 24.3 Å². The van der Waals surface area contributed by atoms with Crippen LogP contribution in [0.1, 0.15) is 0 Å². The van der Waals surface area contributed by atoms with E-state index in [-0.39, 0.29) is 0 Å². The number of fused-ring (bicyclic) bond motifs is 2. The van der Waals surface area contributed by atoms with Gasteiger partial charge in [-0.2, -0.15) is 0 Å². The van der Waals surface area contributed by atoms with Gasteiger partial charge in [-0.15, -0.1) is 0 Å². The van der Waals surface area contributed by atoms with Crippen LogP contribution in [0.15, 0.2) is 76.8 Å². The van der Waals surface area contributed by atoms with Crippen molar-refractivity contribution < 1.29 is 4.74 Å². The highest BCUT2D eigenvalue weighted by Crippen LogP contribution is 2.30. The summed E-state index contributed by atoms with van der Waals surface area (Å²) >= 11 is 1.58. The largest absolute Gasteiger partial charge is 0.497 e. The second kappa shape index (κ2) is 5.89. The van der Waals surface area contributed by atoms with E-state index in [1.807, 2.05) is 42.6 Å². The smallest absolute Gasteiger partial charge is 0.120 e. The molecule has 4 heteroatoms. The van der Waals surface area contributed by atoms with Gasteiger partial charge in [-0.3, -0.25) is 4.98 Å². The fraction of sp³-hybridized carbons (Fsp3) is 0.0526. The van der Waals surface area contributed by atoms with Crippen LogP contribution in [-0.4, -0.2) is 17.1 Å². The molecule has 0 radical (unpaired) electrons. The van der Waals surface area contributed by atoms with Crippen molar-refractivity contribution in [3.05, 3.63) is 66.9 Å². The first-order valence-corrected chi connectivity index (χ1v) is 8.11. The molecule has 0 fully saturated rings. The van der Waals surface area contributed by atoms with Crippen LogP contribution >= 0.6 is 11.8 Å². The maximum Gasteiger partial charge on any atom is 0.120 e. The Hall–Kier alpha value is -2.59. The predicted octanol–water partition coefficient (Wildman–Crippen LogP) is 4.94. The van der Waals surface area contributed by atoms with Crippen molar-refractivity contribution in [1.29, 1.82) is 0 Å². The van der Waals surface area contributed by atoms with E-state index in [9.17, 15) is 0 Å². The summed E-state index contributed by atoms with van der Waals surface area (Å²) in [7, 11) is 1.67. The molecule has 0 saturated heterocycles. The Bertz CT molecular complexity index is 1000. The maximum absolute atomic E-state index is 5.26. The second-order valence-electron chi connectivity index (χ2n) is 5.18. The molecular formula is C19H14N2OS. The first-order chi connectivity index (χ1) is 11.3. The Balaban J connectivity index is 1.74. The highest BCUT2D eigenvalue weighted by molar-refractivity contribution is 7.99. The molecule has 0 bridgehead atoms. The van der Waals surface area contributed by atoms with Gasteiger partial charge in [0.1, 0.15) is 10.8 Å². The van der Waals surface area contributed by atoms with Crippen LogP contribution in [0.4, 0.5) is 0 Å². The summed E-state index contributed by atoms with van der Waals surface area (Å²) in [6.45, 7) is 0. The molecule has 0 aliphatic carbocycles. The van der Waals surface area contributed by atoms with Crippen molar-refractivity contribution in [2.75, 3.05) is 7.11 Å². The molecule has 0 aliphatic rings. The van der Waals surface area contributed by atoms with Crippen LogP contribution in [0, 0.1) is 0 Å². The number of methoxy groups -OCH3 is 1. The van der Waals surface area contributed by atoms with Crippen molar-refractivity contribution in [2.24, 2.45) is 0 Å². The molecule has 0 saturated carbocycles. The minimum atomic E-state index is 0.842. The van der Waals surface area contributed by atoms with E-state index in [1.165, 1.54) is 10.8 Å². The van der Waals surface area contributed by atoms with Crippen LogP contribution < -0.4 is 4.74 Å². The molecule has 0 spiro atoms. The minimum Gasteiger partial charge on any atom is -0.497 e. The first-order valence-electron chi connectivity index (χ1n) is 7.29. The minimum absolute atomic E-state index is 0.842. The summed E-state index contributed by atoms with van der Waals surface area (Å²) in [5.74, 6) is 0.842. The fourth-order valence-electron chi connectivity index (χ4n) is 2.52. The molecule has 0 amide bonds. The van der Waals surface area contributed by atoms with Gasteiger partial charge in [-0.1, -0.05) is 42.1 Å². The van der Waals surface area contributed by atoms with Gasteiger partial charge in [0.25, 0.3) is 0 Å².